The highest BCUT2D eigenvalue weighted by Crippen LogP contribution is 2.49. The van der Waals surface area contributed by atoms with E-state index in [4.69, 9.17) is 4.74 Å². The first-order valence-corrected chi connectivity index (χ1v) is 10.2. The molecule has 2 aromatic rings. The third kappa shape index (κ3) is 3.74. The molecule has 27 heavy (non-hydrogen) atoms. The second-order valence-corrected chi connectivity index (χ2v) is 8.40. The van der Waals surface area contributed by atoms with Gasteiger partial charge in [0.2, 0.25) is 0 Å². The Bertz CT molecular complexity index is 748. The van der Waals surface area contributed by atoms with E-state index in [1.807, 2.05) is 24.4 Å². The van der Waals surface area contributed by atoms with Crippen molar-refractivity contribution < 1.29 is 9.84 Å². The number of hydrogen-bond acceptors (Lipinski definition) is 4. The van der Waals surface area contributed by atoms with Crippen molar-refractivity contribution >= 4 is 0 Å². The maximum Gasteiger partial charge on any atom is 0.120 e. The summed E-state index contributed by atoms with van der Waals surface area (Å²) in [5.74, 6) is 1.47. The van der Waals surface area contributed by atoms with Crippen LogP contribution in [0.3, 0.4) is 0 Å². The van der Waals surface area contributed by atoms with Crippen molar-refractivity contribution in [2.45, 2.75) is 51.4 Å². The van der Waals surface area contributed by atoms with E-state index in [2.05, 4.69) is 41.9 Å². The van der Waals surface area contributed by atoms with Crippen LogP contribution in [0.4, 0.5) is 0 Å². The summed E-state index contributed by atoms with van der Waals surface area (Å²) in [5.41, 5.74) is 1.54. The van der Waals surface area contributed by atoms with Crippen molar-refractivity contribution in [3.8, 4) is 5.75 Å². The second kappa shape index (κ2) is 7.61. The lowest BCUT2D eigenvalue weighted by Gasteiger charge is -2.53. The standard InChI is InChI=1S/C23H30N2O2/c1-17(2)27-22-10-3-6-18(12-22)14-25-15-20-7-4-8-21(16-25)23(20,26)19-9-5-11-24-13-19/h3,5-6,9-13,17,20-21,26H,4,7-8,14-16H2,1-2H3/t20-,21-/m1/s1. The fraction of sp³-hybridized carbons (Fsp3) is 0.522. The topological polar surface area (TPSA) is 45.6 Å². The Kier molecular flexibility index (Phi) is 5.20. The molecule has 144 valence electrons. The van der Waals surface area contributed by atoms with E-state index < -0.39 is 5.60 Å². The molecule has 1 aliphatic carbocycles. The first kappa shape index (κ1) is 18.5. The van der Waals surface area contributed by atoms with Gasteiger partial charge in [-0.25, -0.2) is 0 Å². The SMILES string of the molecule is CC(C)Oc1cccc(CN2C[C@H]3CCC[C@H](C2)C3(O)c2cccnc2)c1. The minimum Gasteiger partial charge on any atom is -0.491 e. The molecule has 2 atom stereocenters. The predicted octanol–water partition coefficient (Wildman–Crippen LogP) is 3.99. The predicted molar refractivity (Wildman–Crippen MR) is 106 cm³/mol. The number of likely N-dealkylation sites (tertiary alicyclic amines) is 1. The largest absolute Gasteiger partial charge is 0.491 e. The molecule has 4 heteroatoms. The Hall–Kier alpha value is -1.91. The van der Waals surface area contributed by atoms with Crippen LogP contribution in [-0.2, 0) is 12.1 Å². The molecule has 1 aliphatic heterocycles. The fourth-order valence-corrected chi connectivity index (χ4v) is 4.99. The summed E-state index contributed by atoms with van der Waals surface area (Å²) in [4.78, 5) is 6.77. The van der Waals surface area contributed by atoms with E-state index in [1.165, 1.54) is 12.0 Å². The monoisotopic (exact) mass is 366 g/mol. The molecule has 2 heterocycles. The molecule has 1 saturated carbocycles. The van der Waals surface area contributed by atoms with Crippen molar-refractivity contribution in [1.29, 1.82) is 0 Å². The minimum absolute atomic E-state index is 0.184. The summed E-state index contributed by atoms with van der Waals surface area (Å²) in [5, 5.41) is 11.7. The van der Waals surface area contributed by atoms with Crippen LogP contribution < -0.4 is 4.74 Å². The molecule has 2 fully saturated rings. The molecule has 0 amide bonds. The highest BCUT2D eigenvalue weighted by molar-refractivity contribution is 5.29. The molecule has 1 saturated heterocycles. The zero-order chi connectivity index (χ0) is 18.9. The molecule has 4 nitrogen and oxygen atoms in total. The van der Waals surface area contributed by atoms with Crippen LogP contribution in [0.1, 0.15) is 44.2 Å². The molecule has 0 radical (unpaired) electrons. The van der Waals surface area contributed by atoms with Gasteiger partial charge in [0, 0.05) is 49.4 Å². The molecule has 0 spiro atoms. The highest BCUT2D eigenvalue weighted by Gasteiger charge is 2.51. The van der Waals surface area contributed by atoms with Gasteiger partial charge in [-0.15, -0.1) is 0 Å². The van der Waals surface area contributed by atoms with E-state index in [0.29, 0.717) is 0 Å². The van der Waals surface area contributed by atoms with Crippen LogP contribution in [0, 0.1) is 11.8 Å². The highest BCUT2D eigenvalue weighted by atomic mass is 16.5. The van der Waals surface area contributed by atoms with E-state index in [-0.39, 0.29) is 17.9 Å². The number of aliphatic hydroxyl groups is 1. The number of benzene rings is 1. The van der Waals surface area contributed by atoms with Crippen molar-refractivity contribution in [2.75, 3.05) is 13.1 Å². The number of ether oxygens (including phenoxy) is 1. The summed E-state index contributed by atoms with van der Waals surface area (Å²) in [6, 6.07) is 12.4. The van der Waals surface area contributed by atoms with Crippen molar-refractivity contribution in [3.05, 3.63) is 59.9 Å². The Labute approximate surface area is 162 Å². The lowest BCUT2D eigenvalue weighted by atomic mass is 9.63. The zero-order valence-corrected chi connectivity index (χ0v) is 16.3. The summed E-state index contributed by atoms with van der Waals surface area (Å²) >= 11 is 0. The van der Waals surface area contributed by atoms with Crippen LogP contribution >= 0.6 is 0 Å². The van der Waals surface area contributed by atoms with Gasteiger partial charge in [-0.2, -0.15) is 0 Å². The number of pyridine rings is 1. The van der Waals surface area contributed by atoms with E-state index in [0.717, 1.165) is 43.8 Å². The van der Waals surface area contributed by atoms with Gasteiger partial charge in [0.25, 0.3) is 0 Å². The van der Waals surface area contributed by atoms with Gasteiger partial charge >= 0.3 is 0 Å². The van der Waals surface area contributed by atoms with E-state index in [9.17, 15) is 5.11 Å². The normalized spacial score (nSPS) is 28.3. The Balaban J connectivity index is 1.51. The van der Waals surface area contributed by atoms with Gasteiger partial charge in [-0.3, -0.25) is 9.88 Å². The third-order valence-electron chi connectivity index (χ3n) is 6.11. The van der Waals surface area contributed by atoms with Gasteiger partial charge in [0.05, 0.1) is 11.7 Å². The molecular weight excluding hydrogens is 336 g/mol. The number of fused-ring (bicyclic) bond motifs is 2. The lowest BCUT2D eigenvalue weighted by molar-refractivity contribution is -0.148. The Morgan fingerprint density at radius 1 is 1.19 bits per heavy atom. The van der Waals surface area contributed by atoms with Gasteiger partial charge in [0.1, 0.15) is 5.75 Å². The molecule has 4 rings (SSSR count). The molecule has 1 aromatic heterocycles. The van der Waals surface area contributed by atoms with E-state index >= 15 is 0 Å². The number of aromatic nitrogens is 1. The van der Waals surface area contributed by atoms with Gasteiger partial charge in [0.15, 0.2) is 0 Å². The van der Waals surface area contributed by atoms with Crippen LogP contribution in [0.15, 0.2) is 48.8 Å². The fourth-order valence-electron chi connectivity index (χ4n) is 4.99. The van der Waals surface area contributed by atoms with Crippen LogP contribution in [0.2, 0.25) is 0 Å². The van der Waals surface area contributed by atoms with Crippen molar-refractivity contribution in [3.63, 3.8) is 0 Å². The van der Waals surface area contributed by atoms with Gasteiger partial charge < -0.3 is 9.84 Å². The molecule has 2 aliphatic rings. The second-order valence-electron chi connectivity index (χ2n) is 8.40. The molecule has 2 bridgehead atoms. The summed E-state index contributed by atoms with van der Waals surface area (Å²) in [6.45, 7) is 6.87. The summed E-state index contributed by atoms with van der Waals surface area (Å²) < 4.78 is 5.84. The average Bonchev–Trinajstić information content (AvgIpc) is 2.63. The maximum atomic E-state index is 11.7. The van der Waals surface area contributed by atoms with Crippen LogP contribution in [0.25, 0.3) is 0 Å². The zero-order valence-electron chi connectivity index (χ0n) is 16.3. The van der Waals surface area contributed by atoms with E-state index in [1.54, 1.807) is 6.20 Å². The number of nitrogens with zero attached hydrogens (tertiary/aromatic N) is 2. The molecule has 1 N–H and O–H groups in total. The number of hydrogen-bond donors (Lipinski definition) is 1. The third-order valence-corrected chi connectivity index (χ3v) is 6.11. The van der Waals surface area contributed by atoms with Gasteiger partial charge in [-0.05, 0) is 50.5 Å². The van der Waals surface area contributed by atoms with Crippen LogP contribution in [0.5, 0.6) is 5.75 Å². The number of rotatable bonds is 5. The molecule has 0 unspecified atom stereocenters. The molecular formula is C23H30N2O2. The smallest absolute Gasteiger partial charge is 0.120 e. The van der Waals surface area contributed by atoms with Crippen molar-refractivity contribution in [2.24, 2.45) is 11.8 Å². The quantitative estimate of drug-likeness (QED) is 0.869. The Morgan fingerprint density at radius 3 is 2.63 bits per heavy atom. The van der Waals surface area contributed by atoms with Gasteiger partial charge in [-0.1, -0.05) is 24.6 Å². The lowest BCUT2D eigenvalue weighted by Crippen LogP contribution is -2.57. The summed E-state index contributed by atoms with van der Waals surface area (Å²) in [6.07, 6.45) is 7.19. The van der Waals surface area contributed by atoms with Crippen LogP contribution in [-0.4, -0.2) is 34.2 Å². The Morgan fingerprint density at radius 2 is 1.96 bits per heavy atom. The minimum atomic E-state index is -0.731. The average molecular weight is 367 g/mol. The number of piperidine rings is 1. The molecule has 1 aromatic carbocycles. The summed E-state index contributed by atoms with van der Waals surface area (Å²) in [7, 11) is 0. The first-order chi connectivity index (χ1) is 13.1. The van der Waals surface area contributed by atoms with Crippen molar-refractivity contribution in [1.82, 2.24) is 9.88 Å². The first-order valence-electron chi connectivity index (χ1n) is 10.2. The maximum absolute atomic E-state index is 11.7.